The van der Waals surface area contributed by atoms with E-state index in [9.17, 15) is 4.79 Å². The standard InChI is InChI=1S/C32H30N4OS2/c1-6-36-30(37)27(39-31(36)34-23-13-14-25-28(19-23)38-20(2)33-25)16-17-29-32(3,4)24-18-22(12-15-26(24)35(29)5)21-10-8-7-9-11-21/h7-19H,6H2,1-5H3. The van der Waals surface area contributed by atoms with E-state index in [-0.39, 0.29) is 11.3 Å². The Hall–Kier alpha value is -3.68. The van der Waals surface area contributed by atoms with E-state index in [4.69, 9.17) is 4.99 Å². The lowest BCUT2D eigenvalue weighted by atomic mass is 9.82. The molecule has 6 rings (SSSR count). The number of thiazole rings is 1. The van der Waals surface area contributed by atoms with Crippen molar-refractivity contribution in [3.05, 3.63) is 100 Å². The fourth-order valence-corrected chi connectivity index (χ4v) is 7.26. The van der Waals surface area contributed by atoms with Gasteiger partial charge in [-0.1, -0.05) is 50.2 Å². The number of thioether (sulfide) groups is 1. The van der Waals surface area contributed by atoms with E-state index >= 15 is 0 Å². The first-order valence-electron chi connectivity index (χ1n) is 13.1. The van der Waals surface area contributed by atoms with Crippen LogP contribution in [0, 0.1) is 6.92 Å². The fourth-order valence-electron chi connectivity index (χ4n) is 5.39. The van der Waals surface area contributed by atoms with Crippen molar-refractivity contribution in [2.45, 2.75) is 33.1 Å². The number of benzene rings is 3. The number of allylic oxidation sites excluding steroid dienone is 3. The summed E-state index contributed by atoms with van der Waals surface area (Å²) in [6, 6.07) is 23.2. The van der Waals surface area contributed by atoms with Crippen LogP contribution in [0.1, 0.15) is 31.3 Å². The Labute approximate surface area is 237 Å². The molecule has 0 aliphatic carbocycles. The molecule has 5 nitrogen and oxygen atoms in total. The second-order valence-electron chi connectivity index (χ2n) is 10.3. The fraction of sp³-hybridized carbons (Fsp3) is 0.219. The molecule has 1 fully saturated rings. The summed E-state index contributed by atoms with van der Waals surface area (Å²) in [5, 5.41) is 1.74. The van der Waals surface area contributed by atoms with Gasteiger partial charge in [0.15, 0.2) is 5.17 Å². The van der Waals surface area contributed by atoms with Gasteiger partial charge in [0.25, 0.3) is 5.91 Å². The van der Waals surface area contributed by atoms with Crippen LogP contribution in [0.4, 0.5) is 11.4 Å². The van der Waals surface area contributed by atoms with Crippen molar-refractivity contribution < 1.29 is 4.79 Å². The molecule has 0 spiro atoms. The minimum absolute atomic E-state index is 0.00449. The van der Waals surface area contributed by atoms with Crippen LogP contribution in [0.2, 0.25) is 0 Å². The van der Waals surface area contributed by atoms with E-state index in [0.717, 1.165) is 26.6 Å². The Morgan fingerprint density at radius 1 is 1.00 bits per heavy atom. The quantitative estimate of drug-likeness (QED) is 0.241. The number of amidine groups is 1. The lowest BCUT2D eigenvalue weighted by molar-refractivity contribution is -0.122. The van der Waals surface area contributed by atoms with Crippen LogP contribution in [-0.2, 0) is 10.2 Å². The summed E-state index contributed by atoms with van der Waals surface area (Å²) in [4.78, 5) is 27.4. The highest BCUT2D eigenvalue weighted by Crippen LogP contribution is 2.48. The van der Waals surface area contributed by atoms with Gasteiger partial charge in [-0.05, 0) is 84.8 Å². The molecular weight excluding hydrogens is 521 g/mol. The molecule has 1 saturated heterocycles. The Morgan fingerprint density at radius 3 is 2.56 bits per heavy atom. The van der Waals surface area contributed by atoms with E-state index in [1.54, 1.807) is 16.2 Å². The molecule has 1 amide bonds. The molecule has 4 aromatic rings. The summed E-state index contributed by atoms with van der Waals surface area (Å²) in [7, 11) is 2.10. The number of fused-ring (bicyclic) bond motifs is 2. The van der Waals surface area contributed by atoms with Gasteiger partial charge in [0, 0.05) is 30.4 Å². The van der Waals surface area contributed by atoms with Crippen molar-refractivity contribution in [3.63, 3.8) is 0 Å². The van der Waals surface area contributed by atoms with Gasteiger partial charge in [-0.2, -0.15) is 0 Å². The molecule has 3 heterocycles. The van der Waals surface area contributed by atoms with Crippen LogP contribution in [0.3, 0.4) is 0 Å². The third-order valence-corrected chi connectivity index (χ3v) is 9.40. The SMILES string of the molecule is CCN1C(=O)C(=CC=C2N(C)c3ccc(-c4ccccc4)cc3C2(C)C)SC1=Nc1ccc2nc(C)sc2c1. The van der Waals surface area contributed by atoms with Gasteiger partial charge in [0.1, 0.15) is 0 Å². The maximum Gasteiger partial charge on any atom is 0.266 e. The summed E-state index contributed by atoms with van der Waals surface area (Å²) < 4.78 is 1.11. The van der Waals surface area contributed by atoms with Crippen LogP contribution >= 0.6 is 23.1 Å². The Balaban J connectivity index is 1.31. The summed E-state index contributed by atoms with van der Waals surface area (Å²) >= 11 is 3.09. The van der Waals surface area contributed by atoms with Crippen molar-refractivity contribution in [2.24, 2.45) is 4.99 Å². The predicted molar refractivity (Wildman–Crippen MR) is 166 cm³/mol. The molecule has 1 aromatic heterocycles. The zero-order chi connectivity index (χ0) is 27.3. The van der Waals surface area contributed by atoms with Crippen LogP contribution in [0.5, 0.6) is 0 Å². The Morgan fingerprint density at radius 2 is 1.79 bits per heavy atom. The van der Waals surface area contributed by atoms with Gasteiger partial charge < -0.3 is 4.90 Å². The van der Waals surface area contributed by atoms with E-state index in [1.807, 2.05) is 44.2 Å². The summed E-state index contributed by atoms with van der Waals surface area (Å²) in [5.41, 5.74) is 7.67. The molecule has 0 N–H and O–H groups in total. The smallest absolute Gasteiger partial charge is 0.266 e. The number of amides is 1. The first-order chi connectivity index (χ1) is 18.8. The Bertz CT molecular complexity index is 1700. The average molecular weight is 551 g/mol. The van der Waals surface area contributed by atoms with Gasteiger partial charge in [-0.25, -0.2) is 9.98 Å². The maximum absolute atomic E-state index is 13.3. The summed E-state index contributed by atoms with van der Waals surface area (Å²) in [6.07, 6.45) is 4.07. The third kappa shape index (κ3) is 4.49. The number of rotatable bonds is 4. The highest BCUT2D eigenvalue weighted by molar-refractivity contribution is 8.18. The molecule has 0 unspecified atom stereocenters. The molecule has 3 aromatic carbocycles. The molecule has 39 heavy (non-hydrogen) atoms. The van der Waals surface area contributed by atoms with Crippen molar-refractivity contribution in [2.75, 3.05) is 18.5 Å². The van der Waals surface area contributed by atoms with Gasteiger partial charge in [0.05, 0.1) is 25.8 Å². The van der Waals surface area contributed by atoms with Gasteiger partial charge in [-0.15, -0.1) is 11.3 Å². The summed E-state index contributed by atoms with van der Waals surface area (Å²) in [6.45, 7) is 9.07. The number of aromatic nitrogens is 1. The van der Waals surface area contributed by atoms with E-state index in [2.05, 4.69) is 79.3 Å². The van der Waals surface area contributed by atoms with Crippen molar-refractivity contribution in [1.29, 1.82) is 0 Å². The number of hydrogen-bond acceptors (Lipinski definition) is 6. The molecule has 0 atom stereocenters. The van der Waals surface area contributed by atoms with Gasteiger partial charge >= 0.3 is 0 Å². The normalized spacial score (nSPS) is 19.7. The monoisotopic (exact) mass is 550 g/mol. The molecule has 0 saturated carbocycles. The minimum atomic E-state index is -0.206. The zero-order valence-corrected chi connectivity index (χ0v) is 24.4. The van der Waals surface area contributed by atoms with Crippen LogP contribution in [0.15, 0.2) is 94.5 Å². The van der Waals surface area contributed by atoms with E-state index in [1.165, 1.54) is 34.1 Å². The van der Waals surface area contributed by atoms with Crippen LogP contribution < -0.4 is 4.90 Å². The molecule has 0 radical (unpaired) electrons. The van der Waals surface area contributed by atoms with Crippen LogP contribution in [-0.4, -0.2) is 34.6 Å². The number of carbonyl (C=O) groups is 1. The molecular formula is C32H30N4OS2. The highest BCUT2D eigenvalue weighted by Gasteiger charge is 2.39. The lowest BCUT2D eigenvalue weighted by Gasteiger charge is -2.23. The highest BCUT2D eigenvalue weighted by atomic mass is 32.2. The van der Waals surface area contributed by atoms with Crippen molar-refractivity contribution in [1.82, 2.24) is 9.88 Å². The lowest BCUT2D eigenvalue weighted by Crippen LogP contribution is -2.28. The zero-order valence-electron chi connectivity index (χ0n) is 22.7. The summed E-state index contributed by atoms with van der Waals surface area (Å²) in [5.74, 6) is -0.00449. The molecule has 196 valence electrons. The van der Waals surface area contributed by atoms with Crippen molar-refractivity contribution in [3.8, 4) is 11.1 Å². The number of nitrogens with zero attached hydrogens (tertiary/aromatic N) is 4. The Kier molecular flexibility index (Phi) is 6.44. The predicted octanol–water partition coefficient (Wildman–Crippen LogP) is 8.05. The number of likely N-dealkylation sites (N-methyl/N-ethyl adjacent to an activating group) is 2. The number of anilines is 1. The van der Waals surface area contributed by atoms with E-state index < -0.39 is 0 Å². The second-order valence-corrected chi connectivity index (χ2v) is 12.5. The third-order valence-electron chi connectivity index (χ3n) is 7.44. The van der Waals surface area contributed by atoms with E-state index in [0.29, 0.717) is 16.6 Å². The number of hydrogen-bond donors (Lipinski definition) is 0. The first kappa shape index (κ1) is 25.6. The molecule has 0 bridgehead atoms. The maximum atomic E-state index is 13.3. The second kappa shape index (κ2) is 9.81. The molecule has 7 heteroatoms. The topological polar surface area (TPSA) is 48.8 Å². The average Bonchev–Trinajstić information content (AvgIpc) is 3.51. The van der Waals surface area contributed by atoms with Crippen LogP contribution in [0.25, 0.3) is 21.3 Å². The molecule has 2 aliphatic rings. The van der Waals surface area contributed by atoms with Gasteiger partial charge in [0.2, 0.25) is 0 Å². The molecule has 2 aliphatic heterocycles. The first-order valence-corrected chi connectivity index (χ1v) is 14.7. The number of aryl methyl sites for hydroxylation is 1. The van der Waals surface area contributed by atoms with Gasteiger partial charge in [-0.3, -0.25) is 9.69 Å². The number of aliphatic imine (C=N–C) groups is 1. The largest absolute Gasteiger partial charge is 0.347 e. The minimum Gasteiger partial charge on any atom is -0.347 e. The number of carbonyl (C=O) groups excluding carboxylic acids is 1. The van der Waals surface area contributed by atoms with Crippen molar-refractivity contribution >= 4 is 55.8 Å².